The smallest absolute Gasteiger partial charge is 0.178 e. The van der Waals surface area contributed by atoms with Gasteiger partial charge in [0.2, 0.25) is 0 Å². The van der Waals surface area contributed by atoms with Crippen LogP contribution in [0.25, 0.3) is 0 Å². The van der Waals surface area contributed by atoms with Gasteiger partial charge < -0.3 is 0 Å². The molecular formula is C18H32O2SSi. The Balaban J connectivity index is 3.09. The van der Waals surface area contributed by atoms with Gasteiger partial charge in [-0.15, -0.1) is 0 Å². The van der Waals surface area contributed by atoms with Gasteiger partial charge in [0.1, 0.15) is 0 Å². The Kier molecular flexibility index (Phi) is 7.33. The maximum Gasteiger partial charge on any atom is 0.178 e. The van der Waals surface area contributed by atoms with E-state index in [1.54, 1.807) is 12.1 Å². The zero-order valence-electron chi connectivity index (χ0n) is 14.9. The Morgan fingerprint density at radius 3 is 1.86 bits per heavy atom. The molecule has 1 aromatic carbocycles. The first-order valence-corrected chi connectivity index (χ1v) is 13.1. The van der Waals surface area contributed by atoms with E-state index in [1.807, 2.05) is 26.0 Å². The van der Waals surface area contributed by atoms with Crippen LogP contribution in [-0.2, 0) is 9.84 Å². The predicted octanol–water partition coefficient (Wildman–Crippen LogP) is 5.38. The van der Waals surface area contributed by atoms with Gasteiger partial charge in [0.25, 0.3) is 0 Å². The highest BCUT2D eigenvalue weighted by Crippen LogP contribution is 2.32. The molecule has 1 aromatic rings. The average Bonchev–Trinajstić information content (AvgIpc) is 2.50. The van der Waals surface area contributed by atoms with Gasteiger partial charge in [0, 0.05) is 0 Å². The topological polar surface area (TPSA) is 34.1 Å². The van der Waals surface area contributed by atoms with Crippen LogP contribution >= 0.6 is 0 Å². The van der Waals surface area contributed by atoms with Crippen LogP contribution in [0.3, 0.4) is 0 Å². The van der Waals surface area contributed by atoms with Crippen molar-refractivity contribution < 1.29 is 8.42 Å². The quantitative estimate of drug-likeness (QED) is 0.566. The molecule has 0 saturated heterocycles. The van der Waals surface area contributed by atoms with Crippen molar-refractivity contribution in [1.29, 1.82) is 0 Å². The first-order valence-electron chi connectivity index (χ1n) is 8.58. The lowest BCUT2D eigenvalue weighted by molar-refractivity contribution is 0.592. The zero-order valence-corrected chi connectivity index (χ0v) is 16.7. The van der Waals surface area contributed by atoms with Crippen LogP contribution in [0.5, 0.6) is 0 Å². The number of unbranched alkanes of at least 4 members (excludes halogenated alkanes) is 2. The third-order valence-corrected chi connectivity index (χ3v) is 14.5. The van der Waals surface area contributed by atoms with Crippen LogP contribution in [0.1, 0.15) is 52.0 Å². The molecule has 22 heavy (non-hydrogen) atoms. The van der Waals surface area contributed by atoms with E-state index in [0.29, 0.717) is 4.90 Å². The fourth-order valence-electron chi connectivity index (χ4n) is 3.00. The maximum atomic E-state index is 13.1. The van der Waals surface area contributed by atoms with Gasteiger partial charge in [0.05, 0.1) is 17.8 Å². The van der Waals surface area contributed by atoms with E-state index in [1.165, 1.54) is 0 Å². The minimum atomic E-state index is -3.21. The van der Waals surface area contributed by atoms with Crippen molar-refractivity contribution in [2.24, 2.45) is 0 Å². The maximum absolute atomic E-state index is 13.1. The lowest BCUT2D eigenvalue weighted by atomic mass is 10.2. The van der Waals surface area contributed by atoms with Gasteiger partial charge in [-0.25, -0.2) is 8.42 Å². The van der Waals surface area contributed by atoms with Crippen molar-refractivity contribution >= 4 is 17.9 Å². The standard InChI is InChI=1S/C18H32O2SSi/c1-6-8-14-22(5,15-9-7-2)17(4)21(19,20)18-12-10-16(3)11-13-18/h10-13,17H,6-9,14-15H2,1-5H3. The molecule has 0 N–H and O–H groups in total. The Morgan fingerprint density at radius 2 is 1.45 bits per heavy atom. The number of rotatable bonds is 9. The number of hydrogen-bond donors (Lipinski definition) is 0. The minimum absolute atomic E-state index is 0.208. The third kappa shape index (κ3) is 4.69. The van der Waals surface area contributed by atoms with E-state index in [-0.39, 0.29) is 4.87 Å². The van der Waals surface area contributed by atoms with Gasteiger partial charge >= 0.3 is 0 Å². The molecule has 1 unspecified atom stereocenters. The minimum Gasteiger partial charge on any atom is -0.224 e. The molecule has 0 heterocycles. The lowest BCUT2D eigenvalue weighted by Gasteiger charge is -2.33. The molecule has 0 aliphatic carbocycles. The summed E-state index contributed by atoms with van der Waals surface area (Å²) in [6, 6.07) is 9.59. The molecule has 0 aliphatic rings. The third-order valence-electron chi connectivity index (χ3n) is 5.00. The summed E-state index contributed by atoms with van der Waals surface area (Å²) in [5.74, 6) is 0. The molecule has 0 amide bonds. The molecule has 2 nitrogen and oxygen atoms in total. The second kappa shape index (κ2) is 8.30. The van der Waals surface area contributed by atoms with Crippen LogP contribution in [0.4, 0.5) is 0 Å². The van der Waals surface area contributed by atoms with Crippen LogP contribution in [0.2, 0.25) is 18.6 Å². The van der Waals surface area contributed by atoms with Crippen molar-refractivity contribution in [2.75, 3.05) is 0 Å². The molecule has 0 aromatic heterocycles. The first kappa shape index (κ1) is 19.4. The monoisotopic (exact) mass is 340 g/mol. The average molecular weight is 341 g/mol. The summed E-state index contributed by atoms with van der Waals surface area (Å²) in [5.41, 5.74) is 1.10. The number of sulfone groups is 1. The van der Waals surface area contributed by atoms with E-state index >= 15 is 0 Å². The molecule has 0 spiro atoms. The summed E-state index contributed by atoms with van der Waals surface area (Å²) in [6.45, 7) is 10.6. The Morgan fingerprint density at radius 1 is 1.00 bits per heavy atom. The fraction of sp³-hybridized carbons (Fsp3) is 0.667. The van der Waals surface area contributed by atoms with Gasteiger partial charge in [-0.2, -0.15) is 0 Å². The summed E-state index contributed by atoms with van der Waals surface area (Å²) >= 11 is 0. The fourth-order valence-corrected chi connectivity index (χ4v) is 11.4. The largest absolute Gasteiger partial charge is 0.224 e. The molecule has 0 saturated carbocycles. The molecule has 1 atom stereocenters. The second-order valence-corrected chi connectivity index (χ2v) is 14.7. The van der Waals surface area contributed by atoms with Gasteiger partial charge in [-0.3, -0.25) is 0 Å². The van der Waals surface area contributed by atoms with E-state index in [2.05, 4.69) is 20.4 Å². The first-order chi connectivity index (χ1) is 10.3. The highest BCUT2D eigenvalue weighted by atomic mass is 32.2. The molecule has 0 aliphatic heterocycles. The van der Waals surface area contributed by atoms with E-state index in [9.17, 15) is 8.42 Å². The Bertz CT molecular complexity index is 541. The summed E-state index contributed by atoms with van der Waals surface area (Å²) in [7, 11) is -5.03. The van der Waals surface area contributed by atoms with Crippen LogP contribution in [0, 0.1) is 6.92 Å². The molecule has 0 fully saturated rings. The predicted molar refractivity (Wildman–Crippen MR) is 98.9 cm³/mol. The molecule has 126 valence electrons. The van der Waals surface area contributed by atoms with Crippen LogP contribution < -0.4 is 0 Å². The van der Waals surface area contributed by atoms with Crippen molar-refractivity contribution in [1.82, 2.24) is 0 Å². The van der Waals surface area contributed by atoms with Crippen LogP contribution in [-0.4, -0.2) is 21.4 Å². The highest BCUT2D eigenvalue weighted by Gasteiger charge is 2.40. The van der Waals surface area contributed by atoms with Crippen LogP contribution in [0.15, 0.2) is 29.2 Å². The van der Waals surface area contributed by atoms with Crippen molar-refractivity contribution in [3.8, 4) is 0 Å². The molecular weight excluding hydrogens is 308 g/mol. The number of hydrogen-bond acceptors (Lipinski definition) is 2. The summed E-state index contributed by atoms with van der Waals surface area (Å²) in [5, 5.41) is 0. The van der Waals surface area contributed by atoms with E-state index in [4.69, 9.17) is 0 Å². The molecule has 0 bridgehead atoms. The SMILES string of the molecule is CCCC[Si](C)(CCCC)C(C)S(=O)(=O)c1ccc(C)cc1. The summed E-state index contributed by atoms with van der Waals surface area (Å²) < 4.78 is 26.1. The van der Waals surface area contributed by atoms with Gasteiger partial charge in [-0.1, -0.05) is 82.8 Å². The van der Waals surface area contributed by atoms with E-state index < -0.39 is 17.9 Å². The summed E-state index contributed by atoms with van der Waals surface area (Å²) in [4.78, 5) is 0.290. The molecule has 4 heteroatoms. The highest BCUT2D eigenvalue weighted by molar-refractivity contribution is 7.94. The van der Waals surface area contributed by atoms with Crippen molar-refractivity contribution in [3.63, 3.8) is 0 Å². The Labute approximate surface area is 138 Å². The van der Waals surface area contributed by atoms with E-state index in [0.717, 1.165) is 43.3 Å². The number of benzene rings is 1. The second-order valence-electron chi connectivity index (χ2n) is 6.86. The van der Waals surface area contributed by atoms with Gasteiger partial charge in [0.15, 0.2) is 9.84 Å². The van der Waals surface area contributed by atoms with Crippen molar-refractivity contribution in [2.45, 2.75) is 81.8 Å². The normalized spacial score (nSPS) is 14.0. The molecule has 1 rings (SSSR count). The Hall–Kier alpha value is -0.613. The number of aryl methyl sites for hydroxylation is 1. The lowest BCUT2D eigenvalue weighted by Crippen LogP contribution is -2.47. The van der Waals surface area contributed by atoms with Crippen molar-refractivity contribution in [3.05, 3.63) is 29.8 Å². The zero-order chi connectivity index (χ0) is 16.8. The molecule has 0 radical (unpaired) electrons. The van der Waals surface area contributed by atoms with Gasteiger partial charge in [-0.05, 0) is 19.1 Å². The summed E-state index contributed by atoms with van der Waals surface area (Å²) in [6.07, 6.45) is 4.60.